The number of ether oxygens (including phenoxy) is 1. The maximum absolute atomic E-state index is 14.0. The number of amides is 1. The zero-order valence-corrected chi connectivity index (χ0v) is 15.4. The maximum Gasteiger partial charge on any atom is 0.310 e. The Morgan fingerprint density at radius 3 is 2.64 bits per heavy atom. The van der Waals surface area contributed by atoms with E-state index in [-0.39, 0.29) is 23.7 Å². The van der Waals surface area contributed by atoms with Gasteiger partial charge >= 0.3 is 5.97 Å². The van der Waals surface area contributed by atoms with Gasteiger partial charge in [-0.25, -0.2) is 4.39 Å². The Morgan fingerprint density at radius 2 is 2.08 bits per heavy atom. The number of carbonyl (C=O) groups excluding carboxylic acids is 2. The summed E-state index contributed by atoms with van der Waals surface area (Å²) in [5.41, 5.74) is 5.42. The first-order valence-corrected chi connectivity index (χ1v) is 9.16. The van der Waals surface area contributed by atoms with E-state index in [4.69, 9.17) is 10.5 Å². The summed E-state index contributed by atoms with van der Waals surface area (Å²) in [4.78, 5) is 25.3. The van der Waals surface area contributed by atoms with E-state index in [9.17, 15) is 14.0 Å². The molecule has 2 N–H and O–H groups in total. The van der Waals surface area contributed by atoms with E-state index in [2.05, 4.69) is 15.9 Å². The van der Waals surface area contributed by atoms with Crippen LogP contribution in [0.15, 0.2) is 34.8 Å². The molecule has 4 rings (SSSR count). The van der Waals surface area contributed by atoms with Crippen molar-refractivity contribution in [2.24, 2.45) is 34.3 Å². The van der Waals surface area contributed by atoms with Gasteiger partial charge in [0.2, 0.25) is 5.91 Å². The molecule has 0 heterocycles. The third kappa shape index (κ3) is 2.09. The summed E-state index contributed by atoms with van der Waals surface area (Å²) in [6.07, 6.45) is 6.28. The highest BCUT2D eigenvalue weighted by molar-refractivity contribution is 9.10. The highest BCUT2D eigenvalue weighted by Gasteiger charge is 2.76. The normalized spacial score (nSPS) is 33.6. The van der Waals surface area contributed by atoms with Crippen LogP contribution in [0.3, 0.4) is 0 Å². The van der Waals surface area contributed by atoms with Gasteiger partial charge in [0.1, 0.15) is 5.82 Å². The van der Waals surface area contributed by atoms with Gasteiger partial charge in [0.15, 0.2) is 0 Å². The number of halogens is 2. The second kappa shape index (κ2) is 5.40. The molecular formula is C19H19BrFNO3. The molecule has 0 aromatic heterocycles. The molecule has 2 bridgehead atoms. The third-order valence-corrected chi connectivity index (χ3v) is 7.13. The molecule has 132 valence electrons. The summed E-state index contributed by atoms with van der Waals surface area (Å²) < 4.78 is 19.4. The van der Waals surface area contributed by atoms with Gasteiger partial charge in [-0.05, 0) is 70.1 Å². The zero-order valence-electron chi connectivity index (χ0n) is 13.8. The summed E-state index contributed by atoms with van der Waals surface area (Å²) in [6, 6.07) is 4.78. The number of hydrogen-bond donors (Lipinski definition) is 1. The number of methoxy groups -OCH3 is 1. The number of nitrogens with two attached hydrogens (primary N) is 1. The molecule has 1 spiro atoms. The van der Waals surface area contributed by atoms with Crippen LogP contribution in [0.5, 0.6) is 0 Å². The number of rotatable bonds is 4. The van der Waals surface area contributed by atoms with Crippen molar-refractivity contribution in [1.82, 2.24) is 0 Å². The van der Waals surface area contributed by atoms with Crippen LogP contribution >= 0.6 is 15.9 Å². The van der Waals surface area contributed by atoms with E-state index in [0.29, 0.717) is 10.0 Å². The van der Waals surface area contributed by atoms with Crippen molar-refractivity contribution in [1.29, 1.82) is 0 Å². The third-order valence-electron chi connectivity index (χ3n) is 6.49. The Hall–Kier alpha value is -1.69. The highest BCUT2D eigenvalue weighted by atomic mass is 79.9. The Balaban J connectivity index is 1.83. The van der Waals surface area contributed by atoms with Gasteiger partial charge in [-0.3, -0.25) is 9.59 Å². The van der Waals surface area contributed by atoms with E-state index in [1.807, 2.05) is 12.2 Å². The van der Waals surface area contributed by atoms with Crippen LogP contribution in [0.1, 0.15) is 18.4 Å². The Labute approximate surface area is 153 Å². The second-order valence-corrected chi connectivity index (χ2v) is 8.31. The summed E-state index contributed by atoms with van der Waals surface area (Å²) >= 11 is 3.14. The lowest BCUT2D eigenvalue weighted by Crippen LogP contribution is -2.51. The predicted molar refractivity (Wildman–Crippen MR) is 92.7 cm³/mol. The lowest BCUT2D eigenvalue weighted by Gasteiger charge is -2.38. The summed E-state index contributed by atoms with van der Waals surface area (Å²) in [5.74, 6) is -2.05. The van der Waals surface area contributed by atoms with Crippen molar-refractivity contribution in [3.8, 4) is 0 Å². The lowest BCUT2D eigenvalue weighted by atomic mass is 9.64. The summed E-state index contributed by atoms with van der Waals surface area (Å²) in [6.45, 7) is 0. The number of hydrogen-bond acceptors (Lipinski definition) is 3. The molecule has 25 heavy (non-hydrogen) atoms. The predicted octanol–water partition coefficient (Wildman–Crippen LogP) is 2.99. The van der Waals surface area contributed by atoms with Gasteiger partial charge in [0.25, 0.3) is 0 Å². The summed E-state index contributed by atoms with van der Waals surface area (Å²) in [5, 5.41) is 0. The number of allylic oxidation sites excluding steroid dienone is 2. The first-order chi connectivity index (χ1) is 11.9. The molecule has 4 nitrogen and oxygen atoms in total. The SMILES string of the molecule is COC(=O)[C@@H]1[C@H]2C=C[C@@H](C23CC3)[C@@]1(Cc1ccc(Br)c(F)c1)C(N)=O. The minimum absolute atomic E-state index is 0.0299. The molecule has 6 heteroatoms. The molecule has 4 atom stereocenters. The fraction of sp³-hybridized carbons (Fsp3) is 0.474. The van der Waals surface area contributed by atoms with Crippen LogP contribution < -0.4 is 5.73 Å². The molecule has 0 saturated heterocycles. The highest BCUT2D eigenvalue weighted by Crippen LogP contribution is 2.76. The molecule has 3 aliphatic rings. The average molecular weight is 408 g/mol. The van der Waals surface area contributed by atoms with Crippen LogP contribution in [-0.4, -0.2) is 19.0 Å². The van der Waals surface area contributed by atoms with Crippen LogP contribution in [0.25, 0.3) is 0 Å². The molecule has 1 aromatic rings. The van der Waals surface area contributed by atoms with E-state index in [0.717, 1.165) is 12.8 Å². The molecule has 1 aromatic carbocycles. The topological polar surface area (TPSA) is 69.4 Å². The first kappa shape index (κ1) is 16.8. The van der Waals surface area contributed by atoms with Crippen molar-refractivity contribution in [2.45, 2.75) is 19.3 Å². The van der Waals surface area contributed by atoms with E-state index in [1.165, 1.54) is 13.2 Å². The largest absolute Gasteiger partial charge is 0.469 e. The smallest absolute Gasteiger partial charge is 0.310 e. The number of benzene rings is 1. The monoisotopic (exact) mass is 407 g/mol. The van der Waals surface area contributed by atoms with Gasteiger partial charge < -0.3 is 10.5 Å². The van der Waals surface area contributed by atoms with Crippen molar-refractivity contribution in [2.75, 3.05) is 7.11 Å². The van der Waals surface area contributed by atoms with E-state index >= 15 is 0 Å². The van der Waals surface area contributed by atoms with Gasteiger partial charge in [-0.1, -0.05) is 18.2 Å². The van der Waals surface area contributed by atoms with E-state index < -0.39 is 29.0 Å². The molecule has 0 aliphatic heterocycles. The number of primary amides is 1. The molecule has 0 radical (unpaired) electrons. The molecule has 3 aliphatic carbocycles. The van der Waals surface area contributed by atoms with Gasteiger partial charge in [0, 0.05) is 0 Å². The first-order valence-electron chi connectivity index (χ1n) is 8.37. The van der Waals surface area contributed by atoms with Crippen LogP contribution in [0.4, 0.5) is 4.39 Å². The maximum atomic E-state index is 14.0. The standard InChI is InChI=1S/C19H19BrFNO3/c1-25-16(23)15-11-3-5-14(18(11)6-7-18)19(15,17(22)24)9-10-2-4-12(20)13(21)8-10/h2-5,8,11,14-15H,6-7,9H2,1H3,(H2,22,24)/t11-,14+,15+,19-/m1/s1. The van der Waals surface area contributed by atoms with Gasteiger partial charge in [0.05, 0.1) is 22.9 Å². The molecule has 1 amide bonds. The van der Waals surface area contributed by atoms with Crippen LogP contribution in [-0.2, 0) is 20.7 Å². The minimum atomic E-state index is -1.07. The van der Waals surface area contributed by atoms with Crippen molar-refractivity contribution < 1.29 is 18.7 Å². The lowest BCUT2D eigenvalue weighted by molar-refractivity contribution is -0.156. The van der Waals surface area contributed by atoms with Crippen LogP contribution in [0.2, 0.25) is 0 Å². The summed E-state index contributed by atoms with van der Waals surface area (Å²) in [7, 11) is 1.34. The fourth-order valence-corrected chi connectivity index (χ4v) is 5.58. The van der Waals surface area contributed by atoms with Gasteiger partial charge in [-0.15, -0.1) is 0 Å². The molecule has 0 unspecified atom stereocenters. The number of esters is 1. The van der Waals surface area contributed by atoms with Crippen molar-refractivity contribution in [3.63, 3.8) is 0 Å². The quantitative estimate of drug-likeness (QED) is 0.615. The van der Waals surface area contributed by atoms with Crippen molar-refractivity contribution >= 4 is 27.8 Å². The Kier molecular flexibility index (Phi) is 3.62. The molecular weight excluding hydrogens is 389 g/mol. The van der Waals surface area contributed by atoms with Crippen molar-refractivity contribution in [3.05, 3.63) is 46.2 Å². The Morgan fingerprint density at radius 1 is 1.36 bits per heavy atom. The fourth-order valence-electron chi connectivity index (χ4n) is 5.34. The van der Waals surface area contributed by atoms with Gasteiger partial charge in [-0.2, -0.15) is 0 Å². The second-order valence-electron chi connectivity index (χ2n) is 7.45. The molecule has 2 saturated carbocycles. The van der Waals surface area contributed by atoms with E-state index in [1.54, 1.807) is 12.1 Å². The average Bonchev–Trinajstić information content (AvgIpc) is 3.24. The van der Waals surface area contributed by atoms with Crippen LogP contribution in [0, 0.1) is 34.4 Å². The molecule has 2 fully saturated rings. The number of carbonyl (C=O) groups is 2. The minimum Gasteiger partial charge on any atom is -0.469 e. The Bertz CT molecular complexity index is 804. The zero-order chi connectivity index (χ0) is 18.0.